The lowest BCUT2D eigenvalue weighted by Crippen LogP contribution is -2.32. The molecule has 7 heteroatoms. The molecular weight excluding hydrogens is 352 g/mol. The van der Waals surface area contributed by atoms with Gasteiger partial charge in [-0.25, -0.2) is 24.2 Å². The minimum Gasteiger partial charge on any atom is -0.289 e. The number of nitrogens with one attached hydrogen (secondary N) is 1. The van der Waals surface area contributed by atoms with Crippen LogP contribution in [-0.4, -0.2) is 26.8 Å². The highest BCUT2D eigenvalue weighted by Gasteiger charge is 2.62. The second kappa shape index (κ2) is 8.01. The van der Waals surface area contributed by atoms with Crippen molar-refractivity contribution in [3.05, 3.63) is 84.4 Å². The number of amides is 1. The van der Waals surface area contributed by atoms with E-state index in [0.717, 1.165) is 12.4 Å². The first-order valence-corrected chi connectivity index (χ1v) is 8.26. The zero-order valence-corrected chi connectivity index (χ0v) is 14.2. The van der Waals surface area contributed by atoms with Crippen LogP contribution < -0.4 is 5.48 Å². The van der Waals surface area contributed by atoms with Crippen molar-refractivity contribution in [2.24, 2.45) is 0 Å². The summed E-state index contributed by atoms with van der Waals surface area (Å²) in [4.78, 5) is 18.9. The van der Waals surface area contributed by atoms with E-state index in [-0.39, 0.29) is 6.42 Å². The molecule has 2 atom stereocenters. The number of hydroxylamine groups is 1. The number of nitrogens with zero attached hydrogens (tertiary/aromatic N) is 2. The lowest BCUT2D eigenvalue weighted by Gasteiger charge is -2.06. The quantitative estimate of drug-likeness (QED) is 0.546. The summed E-state index contributed by atoms with van der Waals surface area (Å²) >= 11 is 0. The molecule has 0 aliphatic heterocycles. The molecule has 0 bridgehead atoms. The third-order valence-corrected chi connectivity index (χ3v) is 4.23. The van der Waals surface area contributed by atoms with Crippen LogP contribution >= 0.6 is 0 Å². The van der Waals surface area contributed by atoms with E-state index >= 15 is 0 Å². The van der Waals surface area contributed by atoms with E-state index in [1.165, 1.54) is 5.48 Å². The van der Waals surface area contributed by atoms with Gasteiger partial charge in [0.1, 0.15) is 0 Å². The van der Waals surface area contributed by atoms with Gasteiger partial charge >= 0.3 is 0 Å². The Morgan fingerprint density at radius 3 is 2.04 bits per heavy atom. The Morgan fingerprint density at radius 1 is 1.04 bits per heavy atom. The highest BCUT2D eigenvalue weighted by atomic mass is 19.1. The fourth-order valence-corrected chi connectivity index (χ4v) is 2.67. The second-order valence-electron chi connectivity index (χ2n) is 6.06. The molecule has 2 aromatic carbocycles. The number of hydrogen-bond acceptors (Lipinski definition) is 4. The summed E-state index contributed by atoms with van der Waals surface area (Å²) in [7, 11) is 0. The van der Waals surface area contributed by atoms with Gasteiger partial charge in [0.15, 0.2) is 17.3 Å². The van der Waals surface area contributed by atoms with Crippen molar-refractivity contribution in [3.63, 3.8) is 0 Å². The van der Waals surface area contributed by atoms with Crippen LogP contribution in [0.2, 0.25) is 0 Å². The molecule has 4 rings (SSSR count). The predicted molar refractivity (Wildman–Crippen MR) is 95.0 cm³/mol. The average molecular weight is 369 g/mol. The minimum absolute atomic E-state index is 0.0335. The summed E-state index contributed by atoms with van der Waals surface area (Å²) < 4.78 is 26.8. The third-order valence-electron chi connectivity index (χ3n) is 4.23. The Morgan fingerprint density at radius 2 is 1.56 bits per heavy atom. The molecule has 2 N–H and O–H groups in total. The van der Waals surface area contributed by atoms with Gasteiger partial charge in [0, 0.05) is 17.9 Å². The molecule has 5 nitrogen and oxygen atoms in total. The lowest BCUT2D eigenvalue weighted by atomic mass is 10.1. The molecule has 3 aromatic rings. The maximum absolute atomic E-state index is 14.1. The van der Waals surface area contributed by atoms with Gasteiger partial charge in [-0.2, -0.15) is 0 Å². The topological polar surface area (TPSA) is 75.1 Å². The van der Waals surface area contributed by atoms with E-state index in [1.54, 1.807) is 24.3 Å². The summed E-state index contributed by atoms with van der Waals surface area (Å²) in [6.07, 6.45) is 2.16. The van der Waals surface area contributed by atoms with E-state index < -0.39 is 23.3 Å². The summed E-state index contributed by atoms with van der Waals surface area (Å²) in [5.74, 6) is -1.77. The zero-order valence-electron chi connectivity index (χ0n) is 14.2. The van der Waals surface area contributed by atoms with Crippen molar-refractivity contribution < 1.29 is 18.8 Å². The van der Waals surface area contributed by atoms with Crippen molar-refractivity contribution in [2.75, 3.05) is 0 Å². The van der Waals surface area contributed by atoms with Crippen molar-refractivity contribution >= 4 is 5.91 Å². The monoisotopic (exact) mass is 369 g/mol. The third kappa shape index (κ3) is 4.32. The van der Waals surface area contributed by atoms with Crippen LogP contribution in [0.4, 0.5) is 8.78 Å². The maximum Gasteiger partial charge on any atom is 0.281 e. The normalized spacial score (nSPS) is 20.2. The van der Waals surface area contributed by atoms with Gasteiger partial charge in [0.25, 0.3) is 5.91 Å². The lowest BCUT2D eigenvalue weighted by molar-refractivity contribution is -0.136. The first kappa shape index (κ1) is 18.6. The molecule has 1 heterocycles. The molecule has 0 saturated heterocycles. The molecule has 27 heavy (non-hydrogen) atoms. The SMILES string of the molecule is O=C(NO)[C@]1(F)CC1c1ccc(-c2ncc(F)cn2)cc1.c1ccccc1. The number of aromatic nitrogens is 2. The van der Waals surface area contributed by atoms with Crippen molar-refractivity contribution in [1.29, 1.82) is 0 Å². The molecule has 1 aliphatic rings. The van der Waals surface area contributed by atoms with Crippen LogP contribution in [0.5, 0.6) is 0 Å². The Labute approximate surface area is 154 Å². The first-order chi connectivity index (χ1) is 13.0. The molecule has 0 spiro atoms. The molecule has 0 radical (unpaired) electrons. The van der Waals surface area contributed by atoms with Crippen LogP contribution in [0.1, 0.15) is 17.9 Å². The van der Waals surface area contributed by atoms with E-state index in [2.05, 4.69) is 9.97 Å². The second-order valence-corrected chi connectivity index (χ2v) is 6.06. The van der Waals surface area contributed by atoms with E-state index in [4.69, 9.17) is 5.21 Å². The number of halogens is 2. The Bertz CT molecular complexity index is 863. The number of rotatable bonds is 3. The number of alkyl halides is 1. The molecule has 1 saturated carbocycles. The largest absolute Gasteiger partial charge is 0.289 e. The molecule has 1 fully saturated rings. The summed E-state index contributed by atoms with van der Waals surface area (Å²) in [5.41, 5.74) is 0.595. The fourth-order valence-electron chi connectivity index (χ4n) is 2.67. The van der Waals surface area contributed by atoms with Crippen molar-refractivity contribution in [1.82, 2.24) is 15.4 Å². The number of carbonyl (C=O) groups excluding carboxylic acids is 1. The molecule has 1 aliphatic carbocycles. The van der Waals surface area contributed by atoms with Crippen LogP contribution in [0.25, 0.3) is 11.4 Å². The predicted octanol–water partition coefficient (Wildman–Crippen LogP) is 3.67. The molecular formula is C20H17F2N3O2. The molecule has 1 amide bonds. The number of hydrogen-bond donors (Lipinski definition) is 2. The standard InChI is InChI=1S/C14H11F2N3O2.C6H6/c15-10-6-17-12(18-7-10)9-3-1-8(2-4-9)11-5-14(11,16)13(20)19-21;1-2-4-6-5-3-1/h1-4,6-7,11,21H,5H2,(H,19,20);1-6H/t11?,14-;/m0./s1. The van der Waals surface area contributed by atoms with Gasteiger partial charge in [-0.1, -0.05) is 60.7 Å². The van der Waals surface area contributed by atoms with Gasteiger partial charge in [-0.3, -0.25) is 10.0 Å². The van der Waals surface area contributed by atoms with Crippen LogP contribution in [-0.2, 0) is 4.79 Å². The minimum atomic E-state index is -2.05. The summed E-state index contributed by atoms with van der Waals surface area (Å²) in [6, 6.07) is 18.7. The fraction of sp³-hybridized carbons (Fsp3) is 0.150. The highest BCUT2D eigenvalue weighted by Crippen LogP contribution is 2.54. The maximum atomic E-state index is 14.1. The number of benzene rings is 2. The Hall–Kier alpha value is -3.19. The molecule has 138 valence electrons. The van der Waals surface area contributed by atoms with E-state index in [9.17, 15) is 13.6 Å². The van der Waals surface area contributed by atoms with E-state index in [1.807, 2.05) is 36.4 Å². The van der Waals surface area contributed by atoms with Gasteiger partial charge < -0.3 is 0 Å². The van der Waals surface area contributed by atoms with Crippen LogP contribution in [0, 0.1) is 5.82 Å². The smallest absolute Gasteiger partial charge is 0.281 e. The van der Waals surface area contributed by atoms with E-state index in [0.29, 0.717) is 17.0 Å². The molecule has 1 unspecified atom stereocenters. The van der Waals surface area contributed by atoms with Gasteiger partial charge in [-0.05, 0) is 5.56 Å². The van der Waals surface area contributed by atoms with Crippen molar-refractivity contribution in [2.45, 2.75) is 18.0 Å². The van der Waals surface area contributed by atoms with Crippen LogP contribution in [0.15, 0.2) is 73.1 Å². The summed E-state index contributed by atoms with van der Waals surface area (Å²) in [6.45, 7) is 0. The zero-order chi connectivity index (χ0) is 19.3. The Kier molecular flexibility index (Phi) is 5.52. The average Bonchev–Trinajstić information content (AvgIpc) is 3.43. The highest BCUT2D eigenvalue weighted by molar-refractivity contribution is 5.89. The van der Waals surface area contributed by atoms with Gasteiger partial charge in [0.05, 0.1) is 12.4 Å². The number of carbonyl (C=O) groups is 1. The van der Waals surface area contributed by atoms with Crippen molar-refractivity contribution in [3.8, 4) is 11.4 Å². The molecule has 1 aromatic heterocycles. The van der Waals surface area contributed by atoms with Gasteiger partial charge in [-0.15, -0.1) is 0 Å². The van der Waals surface area contributed by atoms with Crippen LogP contribution in [0.3, 0.4) is 0 Å². The first-order valence-electron chi connectivity index (χ1n) is 8.26. The van der Waals surface area contributed by atoms with Gasteiger partial charge in [0.2, 0.25) is 0 Å². The summed E-state index contributed by atoms with van der Waals surface area (Å²) in [5, 5.41) is 8.50. The Balaban J connectivity index is 0.000000299.